The Morgan fingerprint density at radius 2 is 2.11 bits per heavy atom. The van der Waals surface area contributed by atoms with Crippen molar-refractivity contribution in [3.05, 3.63) is 46.1 Å². The maximum absolute atomic E-state index is 6.21. The quantitative estimate of drug-likeness (QED) is 0.831. The van der Waals surface area contributed by atoms with Crippen LogP contribution in [-0.4, -0.2) is 11.0 Å². The number of halogens is 1. The lowest BCUT2D eigenvalue weighted by Crippen LogP contribution is -2.15. The van der Waals surface area contributed by atoms with E-state index in [-0.39, 0.29) is 6.04 Å². The third kappa shape index (κ3) is 2.71. The van der Waals surface area contributed by atoms with Gasteiger partial charge in [-0.1, -0.05) is 35.4 Å². The molecule has 0 amide bonds. The van der Waals surface area contributed by atoms with Gasteiger partial charge in [0, 0.05) is 17.0 Å². The second kappa shape index (κ2) is 5.09. The van der Waals surface area contributed by atoms with Crippen molar-refractivity contribution in [1.82, 2.24) is 4.98 Å². The smallest absolute Gasteiger partial charge is 0.136 e. The van der Waals surface area contributed by atoms with Crippen molar-refractivity contribution in [2.45, 2.75) is 26.8 Å². The fraction of sp³-hybridized carbons (Fsp3) is 0.267. The van der Waals surface area contributed by atoms with Gasteiger partial charge in [-0.25, -0.2) is 4.98 Å². The normalized spacial score (nSPS) is 13.9. The molecule has 1 unspecified atom stereocenters. The summed E-state index contributed by atoms with van der Waals surface area (Å²) in [5.41, 5.74) is 9.95. The average molecular weight is 261 g/mol. The van der Waals surface area contributed by atoms with Crippen molar-refractivity contribution in [2.75, 3.05) is 0 Å². The number of aryl methyl sites for hydroxylation is 1. The van der Waals surface area contributed by atoms with Crippen molar-refractivity contribution < 1.29 is 0 Å². The van der Waals surface area contributed by atoms with Crippen LogP contribution in [-0.2, 0) is 0 Å². The molecule has 1 heterocycles. The summed E-state index contributed by atoms with van der Waals surface area (Å²) in [4.78, 5) is 4.43. The van der Waals surface area contributed by atoms with Crippen molar-refractivity contribution in [3.63, 3.8) is 0 Å². The summed E-state index contributed by atoms with van der Waals surface area (Å²) in [7, 11) is 0. The van der Waals surface area contributed by atoms with E-state index in [1.54, 1.807) is 0 Å². The Hall–Kier alpha value is -1.38. The monoisotopic (exact) mass is 260 g/mol. The highest BCUT2D eigenvalue weighted by Gasteiger charge is 2.05. The van der Waals surface area contributed by atoms with Gasteiger partial charge >= 0.3 is 0 Å². The molecule has 2 aromatic rings. The molecule has 0 saturated carbocycles. The van der Waals surface area contributed by atoms with E-state index in [0.29, 0.717) is 5.15 Å². The van der Waals surface area contributed by atoms with E-state index in [0.717, 1.165) is 22.0 Å². The Morgan fingerprint density at radius 1 is 1.39 bits per heavy atom. The molecule has 2 N–H and O–H groups in total. The predicted molar refractivity (Wildman–Crippen MR) is 78.8 cm³/mol. The van der Waals surface area contributed by atoms with Gasteiger partial charge < -0.3 is 5.73 Å². The lowest BCUT2D eigenvalue weighted by Gasteiger charge is -2.07. The van der Waals surface area contributed by atoms with Gasteiger partial charge in [0.2, 0.25) is 0 Å². The molecule has 0 spiro atoms. The van der Waals surface area contributed by atoms with Gasteiger partial charge in [0.15, 0.2) is 0 Å². The van der Waals surface area contributed by atoms with E-state index < -0.39 is 0 Å². The molecule has 0 radical (unpaired) electrons. The van der Waals surface area contributed by atoms with Crippen molar-refractivity contribution >= 4 is 28.6 Å². The standard InChI is InChI=1S/C15H17ClN2/c1-9-4-5-12-8-13(7-10(2)11(3)17)15(16)18-14(12)6-9/h4-8,11H,17H2,1-3H3/b10-7+. The van der Waals surface area contributed by atoms with Crippen molar-refractivity contribution in [1.29, 1.82) is 0 Å². The predicted octanol–water partition coefficient (Wildman–Crippen LogP) is 3.95. The van der Waals surface area contributed by atoms with E-state index >= 15 is 0 Å². The highest BCUT2D eigenvalue weighted by Crippen LogP contribution is 2.23. The van der Waals surface area contributed by atoms with E-state index in [9.17, 15) is 0 Å². The molecule has 0 aliphatic carbocycles. The number of aromatic nitrogens is 1. The van der Waals surface area contributed by atoms with E-state index in [2.05, 4.69) is 23.2 Å². The summed E-state index contributed by atoms with van der Waals surface area (Å²) in [6.45, 7) is 6.00. The SMILES string of the molecule is C/C(=C\c1cc2ccc(C)cc2nc1Cl)C(C)N. The number of nitrogens with two attached hydrogens (primary N) is 1. The Labute approximate surface area is 112 Å². The third-order valence-electron chi connectivity index (χ3n) is 3.06. The maximum Gasteiger partial charge on any atom is 0.136 e. The summed E-state index contributed by atoms with van der Waals surface area (Å²) in [5, 5.41) is 1.61. The minimum Gasteiger partial charge on any atom is -0.324 e. The molecule has 18 heavy (non-hydrogen) atoms. The van der Waals surface area contributed by atoms with Gasteiger partial charge in [0.1, 0.15) is 5.15 Å². The van der Waals surface area contributed by atoms with Gasteiger partial charge in [-0.05, 0) is 38.5 Å². The molecule has 2 nitrogen and oxygen atoms in total. The zero-order chi connectivity index (χ0) is 13.3. The first-order chi connectivity index (χ1) is 8.47. The first kappa shape index (κ1) is 13.1. The van der Waals surface area contributed by atoms with Gasteiger partial charge in [0.25, 0.3) is 0 Å². The van der Waals surface area contributed by atoms with Crippen LogP contribution in [0.1, 0.15) is 25.0 Å². The Balaban J connectivity index is 2.56. The number of nitrogens with zero attached hydrogens (tertiary/aromatic N) is 1. The van der Waals surface area contributed by atoms with Crippen LogP contribution in [0.15, 0.2) is 29.8 Å². The molecule has 0 aliphatic rings. The highest BCUT2D eigenvalue weighted by atomic mass is 35.5. The molecule has 0 fully saturated rings. The van der Waals surface area contributed by atoms with Crippen LogP contribution in [0.2, 0.25) is 5.15 Å². The minimum absolute atomic E-state index is 0.0229. The fourth-order valence-corrected chi connectivity index (χ4v) is 1.95. The Kier molecular flexibility index (Phi) is 3.69. The largest absolute Gasteiger partial charge is 0.324 e. The molecule has 1 atom stereocenters. The summed E-state index contributed by atoms with van der Waals surface area (Å²) in [6, 6.07) is 8.24. The molecular weight excluding hydrogens is 244 g/mol. The van der Waals surface area contributed by atoms with E-state index in [1.807, 2.05) is 32.9 Å². The molecular formula is C15H17ClN2. The molecule has 1 aromatic heterocycles. The van der Waals surface area contributed by atoms with Crippen LogP contribution < -0.4 is 5.73 Å². The van der Waals surface area contributed by atoms with Gasteiger partial charge in [-0.3, -0.25) is 0 Å². The van der Waals surface area contributed by atoms with E-state index in [1.165, 1.54) is 5.56 Å². The van der Waals surface area contributed by atoms with Gasteiger partial charge in [-0.15, -0.1) is 0 Å². The lowest BCUT2D eigenvalue weighted by molar-refractivity contribution is 0.868. The van der Waals surface area contributed by atoms with Crippen LogP contribution in [0.3, 0.4) is 0 Å². The number of fused-ring (bicyclic) bond motifs is 1. The van der Waals surface area contributed by atoms with Crippen molar-refractivity contribution in [3.8, 4) is 0 Å². The fourth-order valence-electron chi connectivity index (χ4n) is 1.75. The molecule has 1 aromatic carbocycles. The summed E-state index contributed by atoms with van der Waals surface area (Å²) in [6.07, 6.45) is 2.00. The lowest BCUT2D eigenvalue weighted by atomic mass is 10.1. The van der Waals surface area contributed by atoms with Crippen molar-refractivity contribution in [2.24, 2.45) is 5.73 Å². The number of pyridine rings is 1. The topological polar surface area (TPSA) is 38.9 Å². The third-order valence-corrected chi connectivity index (χ3v) is 3.36. The van der Waals surface area contributed by atoms with E-state index in [4.69, 9.17) is 17.3 Å². The zero-order valence-electron chi connectivity index (χ0n) is 10.9. The van der Waals surface area contributed by atoms with Gasteiger partial charge in [-0.2, -0.15) is 0 Å². The highest BCUT2D eigenvalue weighted by molar-refractivity contribution is 6.31. The second-order valence-electron chi connectivity index (χ2n) is 4.74. The number of hydrogen-bond donors (Lipinski definition) is 1. The summed E-state index contributed by atoms with van der Waals surface area (Å²) < 4.78 is 0. The minimum atomic E-state index is 0.0229. The molecule has 0 aliphatic heterocycles. The summed E-state index contributed by atoms with van der Waals surface area (Å²) >= 11 is 6.21. The van der Waals surface area contributed by atoms with Crippen LogP contribution in [0.25, 0.3) is 17.0 Å². The first-order valence-corrected chi connectivity index (χ1v) is 6.36. The molecule has 3 heteroatoms. The van der Waals surface area contributed by atoms with Crippen LogP contribution in [0.5, 0.6) is 0 Å². The zero-order valence-corrected chi connectivity index (χ0v) is 11.6. The average Bonchev–Trinajstić information content (AvgIpc) is 2.30. The Bertz CT molecular complexity index is 615. The number of rotatable bonds is 2. The maximum atomic E-state index is 6.21. The molecule has 0 bridgehead atoms. The second-order valence-corrected chi connectivity index (χ2v) is 5.10. The van der Waals surface area contributed by atoms with Crippen LogP contribution >= 0.6 is 11.6 Å². The summed E-state index contributed by atoms with van der Waals surface area (Å²) in [5.74, 6) is 0. The Morgan fingerprint density at radius 3 is 2.78 bits per heavy atom. The van der Waals surface area contributed by atoms with Crippen LogP contribution in [0, 0.1) is 6.92 Å². The molecule has 94 valence electrons. The first-order valence-electron chi connectivity index (χ1n) is 5.98. The molecule has 0 saturated heterocycles. The van der Waals surface area contributed by atoms with Crippen LogP contribution in [0.4, 0.5) is 0 Å². The number of benzene rings is 1. The van der Waals surface area contributed by atoms with Gasteiger partial charge in [0.05, 0.1) is 5.52 Å². The molecule has 2 rings (SSSR count). The number of hydrogen-bond acceptors (Lipinski definition) is 2.